The summed E-state index contributed by atoms with van der Waals surface area (Å²) in [5.74, 6) is -16.1. The van der Waals surface area contributed by atoms with E-state index in [4.69, 9.17) is 11.0 Å². The first kappa shape index (κ1) is 39.0. The van der Waals surface area contributed by atoms with Gasteiger partial charge in [0.2, 0.25) is 12.3 Å². The number of benzene rings is 1. The highest BCUT2D eigenvalue weighted by Gasteiger charge is 2.73. The average molecular weight is 634 g/mol. The smallest absolute Gasteiger partial charge is 0.403 e. The molecule has 0 spiro atoms. The fourth-order valence-electron chi connectivity index (χ4n) is 3.69. The lowest BCUT2D eigenvalue weighted by molar-refractivity contribution is -0.299. The van der Waals surface area contributed by atoms with E-state index < -0.39 is 61.2 Å². The van der Waals surface area contributed by atoms with Crippen LogP contribution in [0, 0.1) is 11.3 Å². The van der Waals surface area contributed by atoms with Crippen LogP contribution >= 0.6 is 0 Å². The molecule has 1 rings (SSSR count). The van der Waals surface area contributed by atoms with E-state index in [-0.39, 0.29) is 23.4 Å². The topological polar surface area (TPSA) is 111 Å². The quantitative estimate of drug-likeness (QED) is 0.257. The molecule has 0 aromatic heterocycles. The summed E-state index contributed by atoms with van der Waals surface area (Å²) < 4.78 is 117. The van der Waals surface area contributed by atoms with Crippen LogP contribution in [-0.2, 0) is 20.8 Å². The second kappa shape index (κ2) is 16.0. The van der Waals surface area contributed by atoms with E-state index in [9.17, 15) is 53.9 Å². The number of halogens is 9. The molecule has 1 aromatic carbocycles. The highest BCUT2D eigenvalue weighted by atomic mass is 19.4. The first-order valence-corrected chi connectivity index (χ1v) is 12.3. The molecule has 8 nitrogen and oxygen atoms in total. The Bertz CT molecular complexity index is 1170. The minimum absolute atomic E-state index is 0.0259. The van der Waals surface area contributed by atoms with E-state index in [0.717, 1.165) is 36.8 Å². The molecule has 0 bridgehead atoms. The van der Waals surface area contributed by atoms with Crippen molar-refractivity contribution in [3.8, 4) is 6.07 Å². The molecule has 0 heterocycles. The second-order valence-electron chi connectivity index (χ2n) is 9.28. The van der Waals surface area contributed by atoms with Gasteiger partial charge in [-0.3, -0.25) is 18.8 Å². The lowest BCUT2D eigenvalue weighted by Crippen LogP contribution is -2.62. The Morgan fingerprint density at radius 2 is 1.58 bits per heavy atom. The monoisotopic (exact) mass is 633 g/mol. The van der Waals surface area contributed by atoms with Crippen LogP contribution in [0.15, 0.2) is 30.5 Å². The maximum Gasteiger partial charge on any atom is 0.425 e. The predicted octanol–water partition coefficient (Wildman–Crippen LogP) is 4.31. The summed E-state index contributed by atoms with van der Waals surface area (Å²) in [7, 11) is 1.79. The van der Waals surface area contributed by atoms with Crippen molar-refractivity contribution >= 4 is 23.9 Å². The van der Waals surface area contributed by atoms with Crippen molar-refractivity contribution in [3.05, 3.63) is 41.6 Å². The first-order chi connectivity index (χ1) is 19.8. The third-order valence-corrected chi connectivity index (χ3v) is 6.11. The van der Waals surface area contributed by atoms with E-state index in [1.807, 2.05) is 6.07 Å². The Hall–Kier alpha value is -3.97. The number of carbonyl (C=O) groups excluding carboxylic acids is 3. The van der Waals surface area contributed by atoms with Gasteiger partial charge in [-0.1, -0.05) is 24.3 Å². The van der Waals surface area contributed by atoms with Crippen LogP contribution in [0.4, 0.5) is 39.5 Å². The highest BCUT2D eigenvalue weighted by molar-refractivity contribution is 5.89. The van der Waals surface area contributed by atoms with Crippen molar-refractivity contribution in [2.75, 3.05) is 27.3 Å². The molecule has 2 N–H and O–H groups in total. The zero-order valence-corrected chi connectivity index (χ0v) is 23.8. The van der Waals surface area contributed by atoms with Crippen LogP contribution in [0.25, 0.3) is 5.70 Å². The Labute approximate surface area is 242 Å². The minimum Gasteiger partial charge on any atom is -0.403 e. The molecule has 0 radical (unpaired) electrons. The summed E-state index contributed by atoms with van der Waals surface area (Å²) in [5, 5.41) is 9.05. The summed E-state index contributed by atoms with van der Waals surface area (Å²) in [6.45, 7) is 1.67. The molecule has 3 amide bonds. The third-order valence-electron chi connectivity index (χ3n) is 6.11. The summed E-state index contributed by atoms with van der Waals surface area (Å²) in [4.78, 5) is 39.0. The number of hydrogen-bond donors (Lipinski definition) is 1. The molecule has 17 heteroatoms. The molecule has 0 saturated carbocycles. The van der Waals surface area contributed by atoms with Crippen LogP contribution in [0.5, 0.6) is 0 Å². The van der Waals surface area contributed by atoms with E-state index >= 15 is 0 Å². The molecule has 2 atom stereocenters. The fourth-order valence-corrected chi connectivity index (χ4v) is 3.69. The van der Waals surface area contributed by atoms with Gasteiger partial charge < -0.3 is 20.4 Å². The SMILES string of the molecule is CC(C)N(C[C@@H](C)N(C=O)CC(=O)N(C)/C(=C/N)c1ccccc1CC#N)C(=O)C(F)(F)C(F)(F)C(F)C(F)(F)F.CF. The zero-order chi connectivity index (χ0) is 33.9. The second-order valence-corrected chi connectivity index (χ2v) is 9.28. The van der Waals surface area contributed by atoms with Gasteiger partial charge in [-0.05, 0) is 26.3 Å². The van der Waals surface area contributed by atoms with Gasteiger partial charge >= 0.3 is 18.0 Å². The molecule has 0 aliphatic carbocycles. The molecule has 242 valence electrons. The van der Waals surface area contributed by atoms with Crippen molar-refractivity contribution in [2.45, 2.75) is 63.5 Å². The molecule has 1 unspecified atom stereocenters. The molecule has 0 fully saturated rings. The van der Waals surface area contributed by atoms with E-state index in [0.29, 0.717) is 18.3 Å². The number of hydrogen-bond acceptors (Lipinski definition) is 5. The summed E-state index contributed by atoms with van der Waals surface area (Å²) in [6, 6.07) is 5.82. The molecule has 0 aliphatic rings. The number of carbonyl (C=O) groups is 3. The fraction of sp³-hybridized carbons (Fsp3) is 0.538. The summed E-state index contributed by atoms with van der Waals surface area (Å²) in [6.07, 6.45) is -10.5. The molecule has 0 saturated heterocycles. The van der Waals surface area contributed by atoms with Gasteiger partial charge in [-0.15, -0.1) is 0 Å². The number of nitriles is 1. The first-order valence-electron chi connectivity index (χ1n) is 12.3. The van der Waals surface area contributed by atoms with Crippen LogP contribution in [0.2, 0.25) is 0 Å². The Morgan fingerprint density at radius 3 is 2.02 bits per heavy atom. The Kier molecular flexibility index (Phi) is 14.6. The van der Waals surface area contributed by atoms with Crippen LogP contribution in [0.1, 0.15) is 31.9 Å². The zero-order valence-electron chi connectivity index (χ0n) is 23.8. The van der Waals surface area contributed by atoms with Gasteiger partial charge in [0.05, 0.1) is 25.4 Å². The normalized spacial score (nSPS) is 13.7. The molecular formula is C26H32F9N5O3. The number of nitrogens with zero attached hydrogens (tertiary/aromatic N) is 4. The maximum atomic E-state index is 14.3. The van der Waals surface area contributed by atoms with Crippen molar-refractivity contribution in [3.63, 3.8) is 0 Å². The average Bonchev–Trinajstić information content (AvgIpc) is 2.95. The minimum atomic E-state index is -6.44. The van der Waals surface area contributed by atoms with Gasteiger partial charge in [0.1, 0.15) is 6.54 Å². The van der Waals surface area contributed by atoms with Crippen LogP contribution < -0.4 is 5.73 Å². The Morgan fingerprint density at radius 1 is 1.05 bits per heavy atom. The molecule has 43 heavy (non-hydrogen) atoms. The number of amides is 3. The predicted molar refractivity (Wildman–Crippen MR) is 138 cm³/mol. The van der Waals surface area contributed by atoms with Gasteiger partial charge in [0, 0.05) is 37.4 Å². The van der Waals surface area contributed by atoms with Crippen molar-refractivity contribution in [2.24, 2.45) is 5.73 Å². The number of likely N-dealkylation sites (N-methyl/N-ethyl adjacent to an activating group) is 1. The number of nitrogens with two attached hydrogens (primary N) is 1. The van der Waals surface area contributed by atoms with E-state index in [2.05, 4.69) is 0 Å². The Balaban J connectivity index is 0.00000862. The van der Waals surface area contributed by atoms with Gasteiger partial charge in [0.15, 0.2) is 0 Å². The summed E-state index contributed by atoms with van der Waals surface area (Å²) in [5.41, 5.74) is 6.78. The van der Waals surface area contributed by atoms with Crippen LogP contribution in [0.3, 0.4) is 0 Å². The molecule has 1 aromatic rings. The third kappa shape index (κ3) is 9.26. The molecule has 0 aliphatic heterocycles. The van der Waals surface area contributed by atoms with E-state index in [1.165, 1.54) is 7.05 Å². The summed E-state index contributed by atoms with van der Waals surface area (Å²) >= 11 is 0. The van der Waals surface area contributed by atoms with E-state index in [1.54, 1.807) is 24.3 Å². The van der Waals surface area contributed by atoms with Gasteiger partial charge in [-0.25, -0.2) is 4.39 Å². The molecular weight excluding hydrogens is 601 g/mol. The van der Waals surface area contributed by atoms with Gasteiger partial charge in [-0.2, -0.15) is 36.0 Å². The van der Waals surface area contributed by atoms with Crippen molar-refractivity contribution in [1.82, 2.24) is 14.7 Å². The standard InChI is InChI=1S/C25H29F8N5O3.CH3F/c1-15(2)38(22(41)24(29,30)23(27,28)21(26)25(31,32)33)12-16(3)37(14-39)13-20(40)36(4)19(11-35)18-8-6-5-7-17(18)9-10-34;1-2/h5-8,11,14-16,21H,9,12-13,35H2,1-4H3;1H3/b19-11+;/t16-,21?;/m1./s1. The van der Waals surface area contributed by atoms with Crippen molar-refractivity contribution in [1.29, 1.82) is 5.26 Å². The largest absolute Gasteiger partial charge is 0.425 e. The maximum absolute atomic E-state index is 14.3. The van der Waals surface area contributed by atoms with Crippen LogP contribution in [-0.4, -0.2) is 96.5 Å². The van der Waals surface area contributed by atoms with Crippen molar-refractivity contribution < 1.29 is 53.9 Å². The number of rotatable bonds is 13. The lowest BCUT2D eigenvalue weighted by Gasteiger charge is -2.37. The number of alkyl halides is 9. The van der Waals surface area contributed by atoms with Gasteiger partial charge in [0.25, 0.3) is 12.1 Å². The highest BCUT2D eigenvalue weighted by Crippen LogP contribution is 2.45. The lowest BCUT2D eigenvalue weighted by atomic mass is 10.0.